The summed E-state index contributed by atoms with van der Waals surface area (Å²) in [5.41, 5.74) is 0.193. The molecule has 0 radical (unpaired) electrons. The van der Waals surface area contributed by atoms with Crippen LogP contribution in [0.3, 0.4) is 0 Å². The summed E-state index contributed by atoms with van der Waals surface area (Å²) >= 11 is 2.73. The predicted molar refractivity (Wildman–Crippen MR) is 43.8 cm³/mol. The van der Waals surface area contributed by atoms with Crippen molar-refractivity contribution >= 4 is 22.2 Å². The highest BCUT2D eigenvalue weighted by Crippen LogP contribution is 2.22. The molecule has 4 heteroatoms. The van der Waals surface area contributed by atoms with Crippen molar-refractivity contribution in [2.24, 2.45) is 0 Å². The molecule has 0 N–H and O–H groups in total. The van der Waals surface area contributed by atoms with Crippen LogP contribution in [0.15, 0.2) is 16.6 Å². The third-order valence-electron chi connectivity index (χ3n) is 1.42. The summed E-state index contributed by atoms with van der Waals surface area (Å²) in [7, 11) is 0. The highest BCUT2D eigenvalue weighted by Gasteiger charge is 2.09. The molecule has 0 aliphatic rings. The lowest BCUT2D eigenvalue weighted by Crippen LogP contribution is -1.94. The Morgan fingerprint density at radius 3 is 2.67 bits per heavy atom. The average molecular weight is 235 g/mol. The Kier molecular flexibility index (Phi) is 2.92. The molecular weight excluding hydrogens is 230 g/mol. The second kappa shape index (κ2) is 3.76. The van der Waals surface area contributed by atoms with Gasteiger partial charge in [0.05, 0.1) is 4.47 Å². The molecule has 0 aromatic heterocycles. The van der Waals surface area contributed by atoms with Crippen molar-refractivity contribution < 1.29 is 13.6 Å². The van der Waals surface area contributed by atoms with Gasteiger partial charge in [-0.1, -0.05) is 6.07 Å². The second-order valence-corrected chi connectivity index (χ2v) is 3.00. The van der Waals surface area contributed by atoms with Crippen LogP contribution in [0.4, 0.5) is 8.78 Å². The van der Waals surface area contributed by atoms with Gasteiger partial charge in [0.15, 0.2) is 0 Å². The molecule has 1 nitrogen and oxygen atoms in total. The molecule has 12 heavy (non-hydrogen) atoms. The van der Waals surface area contributed by atoms with Gasteiger partial charge in [0.25, 0.3) is 0 Å². The van der Waals surface area contributed by atoms with Crippen LogP contribution >= 0.6 is 15.9 Å². The fourth-order valence-electron chi connectivity index (χ4n) is 0.813. The molecule has 1 aromatic rings. The van der Waals surface area contributed by atoms with Gasteiger partial charge >= 0.3 is 0 Å². The summed E-state index contributed by atoms with van der Waals surface area (Å²) in [6.45, 7) is 0. The van der Waals surface area contributed by atoms with Gasteiger partial charge in [0, 0.05) is 6.42 Å². The van der Waals surface area contributed by atoms with Gasteiger partial charge in [-0.25, -0.2) is 8.78 Å². The molecule has 0 saturated heterocycles. The van der Waals surface area contributed by atoms with Gasteiger partial charge in [-0.15, -0.1) is 0 Å². The third kappa shape index (κ3) is 1.69. The molecule has 1 rings (SSSR count). The van der Waals surface area contributed by atoms with Crippen LogP contribution in [0.25, 0.3) is 0 Å². The largest absolute Gasteiger partial charge is 0.303 e. The molecular formula is C8H5BrF2O. The van der Waals surface area contributed by atoms with E-state index < -0.39 is 11.6 Å². The van der Waals surface area contributed by atoms with Crippen LogP contribution in [0, 0.1) is 11.6 Å². The SMILES string of the molecule is O=CCc1ccc(F)c(Br)c1F. The minimum absolute atomic E-state index is 0.0370. The van der Waals surface area contributed by atoms with E-state index >= 15 is 0 Å². The van der Waals surface area contributed by atoms with Crippen molar-refractivity contribution in [3.05, 3.63) is 33.8 Å². The van der Waals surface area contributed by atoms with E-state index in [1.807, 2.05) is 0 Å². The average Bonchev–Trinajstić information content (AvgIpc) is 2.07. The Bertz CT molecular complexity index is 312. The molecule has 0 fully saturated rings. The van der Waals surface area contributed by atoms with Crippen LogP contribution in [0.1, 0.15) is 5.56 Å². The van der Waals surface area contributed by atoms with E-state index in [1.54, 1.807) is 0 Å². The fourth-order valence-corrected chi connectivity index (χ4v) is 1.20. The van der Waals surface area contributed by atoms with Crippen LogP contribution < -0.4 is 0 Å². The van der Waals surface area contributed by atoms with Crippen LogP contribution in [0.5, 0.6) is 0 Å². The van der Waals surface area contributed by atoms with E-state index in [4.69, 9.17) is 0 Å². The molecule has 0 saturated carbocycles. The normalized spacial score (nSPS) is 9.92. The highest BCUT2D eigenvalue weighted by molar-refractivity contribution is 9.10. The van der Waals surface area contributed by atoms with Gasteiger partial charge in [-0.2, -0.15) is 0 Å². The Morgan fingerprint density at radius 1 is 1.42 bits per heavy atom. The quantitative estimate of drug-likeness (QED) is 0.568. The predicted octanol–water partition coefficient (Wildman–Crippen LogP) is 2.47. The molecule has 0 aliphatic heterocycles. The van der Waals surface area contributed by atoms with Gasteiger partial charge in [0.1, 0.15) is 17.9 Å². The molecule has 0 heterocycles. The first-order chi connectivity index (χ1) is 5.66. The van der Waals surface area contributed by atoms with Crippen LogP contribution in [-0.2, 0) is 11.2 Å². The van der Waals surface area contributed by atoms with Gasteiger partial charge in [0.2, 0.25) is 0 Å². The lowest BCUT2D eigenvalue weighted by Gasteiger charge is -2.00. The zero-order valence-corrected chi connectivity index (χ0v) is 7.57. The second-order valence-electron chi connectivity index (χ2n) is 2.21. The molecule has 64 valence electrons. The van der Waals surface area contributed by atoms with Crippen LogP contribution in [0.2, 0.25) is 0 Å². The van der Waals surface area contributed by atoms with E-state index in [-0.39, 0.29) is 16.5 Å². The Hall–Kier alpha value is -0.770. The highest BCUT2D eigenvalue weighted by atomic mass is 79.9. The molecule has 0 spiro atoms. The summed E-state index contributed by atoms with van der Waals surface area (Å²) in [5.74, 6) is -1.37. The number of carbonyl (C=O) groups excluding carboxylic acids is 1. The van der Waals surface area contributed by atoms with E-state index in [9.17, 15) is 13.6 Å². The van der Waals surface area contributed by atoms with Crippen LogP contribution in [-0.4, -0.2) is 6.29 Å². The number of hydrogen-bond donors (Lipinski definition) is 0. The molecule has 0 unspecified atom stereocenters. The van der Waals surface area contributed by atoms with Crippen molar-refractivity contribution in [2.75, 3.05) is 0 Å². The maximum absolute atomic E-state index is 13.0. The van der Waals surface area contributed by atoms with E-state index in [2.05, 4.69) is 15.9 Å². The Balaban J connectivity index is 3.16. The van der Waals surface area contributed by atoms with E-state index in [0.29, 0.717) is 6.29 Å². The first kappa shape index (κ1) is 9.32. The summed E-state index contributed by atoms with van der Waals surface area (Å²) in [5, 5.41) is 0. The van der Waals surface area contributed by atoms with Crippen molar-refractivity contribution in [3.8, 4) is 0 Å². The first-order valence-electron chi connectivity index (χ1n) is 3.23. The van der Waals surface area contributed by atoms with Gasteiger partial charge in [-0.3, -0.25) is 0 Å². The third-order valence-corrected chi connectivity index (χ3v) is 2.15. The number of halogens is 3. The van der Waals surface area contributed by atoms with Crippen molar-refractivity contribution in [3.63, 3.8) is 0 Å². The summed E-state index contributed by atoms with van der Waals surface area (Å²) in [4.78, 5) is 10.0. The van der Waals surface area contributed by atoms with Crippen molar-refractivity contribution in [2.45, 2.75) is 6.42 Å². The first-order valence-corrected chi connectivity index (χ1v) is 4.02. The summed E-state index contributed by atoms with van der Waals surface area (Å²) in [6.07, 6.45) is 0.535. The molecule has 0 bridgehead atoms. The number of aldehydes is 1. The minimum Gasteiger partial charge on any atom is -0.303 e. The standard InChI is InChI=1S/C8H5BrF2O/c9-7-6(10)2-1-5(3-4-12)8(7)11/h1-2,4H,3H2. The van der Waals surface area contributed by atoms with Crippen molar-refractivity contribution in [1.82, 2.24) is 0 Å². The van der Waals surface area contributed by atoms with Crippen molar-refractivity contribution in [1.29, 1.82) is 0 Å². The maximum atomic E-state index is 13.0. The Labute approximate surface area is 76.5 Å². The zero-order chi connectivity index (χ0) is 9.14. The molecule has 1 aromatic carbocycles. The lowest BCUT2D eigenvalue weighted by atomic mass is 10.1. The summed E-state index contributed by atoms with van der Waals surface area (Å²) in [6, 6.07) is 2.37. The molecule has 0 aliphatic carbocycles. The zero-order valence-electron chi connectivity index (χ0n) is 5.98. The topological polar surface area (TPSA) is 17.1 Å². The fraction of sp³-hybridized carbons (Fsp3) is 0.125. The Morgan fingerprint density at radius 2 is 2.08 bits per heavy atom. The van der Waals surface area contributed by atoms with Gasteiger partial charge < -0.3 is 4.79 Å². The number of rotatable bonds is 2. The van der Waals surface area contributed by atoms with E-state index in [1.165, 1.54) is 6.07 Å². The smallest absolute Gasteiger partial charge is 0.143 e. The molecule has 0 atom stereocenters. The number of benzene rings is 1. The molecule has 0 amide bonds. The number of carbonyl (C=O) groups is 1. The maximum Gasteiger partial charge on any atom is 0.143 e. The van der Waals surface area contributed by atoms with E-state index in [0.717, 1.165) is 6.07 Å². The number of hydrogen-bond acceptors (Lipinski definition) is 1. The lowest BCUT2D eigenvalue weighted by molar-refractivity contribution is -0.107. The van der Waals surface area contributed by atoms with Gasteiger partial charge in [-0.05, 0) is 27.6 Å². The monoisotopic (exact) mass is 234 g/mol. The summed E-state index contributed by atoms with van der Waals surface area (Å²) < 4.78 is 25.4. The minimum atomic E-state index is -0.706.